The lowest BCUT2D eigenvalue weighted by molar-refractivity contribution is -0.00706. The summed E-state index contributed by atoms with van der Waals surface area (Å²) in [6.45, 7) is 6.61. The number of anilines is 1. The predicted molar refractivity (Wildman–Crippen MR) is 298 cm³/mol. The van der Waals surface area contributed by atoms with Crippen molar-refractivity contribution in [3.63, 3.8) is 0 Å². The Kier molecular flexibility index (Phi) is 21.2. The molecule has 1 N–H and O–H groups in total. The lowest BCUT2D eigenvalue weighted by atomic mass is 9.90. The van der Waals surface area contributed by atoms with Crippen molar-refractivity contribution < 1.29 is 70.1 Å². The Morgan fingerprint density at radius 3 is 1.03 bits per heavy atom. The highest BCUT2D eigenvalue weighted by atomic mass is 32.2. The van der Waals surface area contributed by atoms with Gasteiger partial charge >= 0.3 is 0 Å². The van der Waals surface area contributed by atoms with Crippen molar-refractivity contribution in [3.8, 4) is 23.0 Å². The van der Waals surface area contributed by atoms with E-state index in [2.05, 4.69) is 22.9 Å². The molecule has 9 rings (SSSR count). The molecule has 2 heterocycles. The number of rotatable bonds is 4. The van der Waals surface area contributed by atoms with Gasteiger partial charge < -0.3 is 61.7 Å². The summed E-state index contributed by atoms with van der Waals surface area (Å²) >= 11 is 0. The first-order valence-electron chi connectivity index (χ1n) is 27.1. The molecule has 17 nitrogen and oxygen atoms in total. The predicted octanol–water partition coefficient (Wildman–Crippen LogP) is 7.38. The number of hydrogen-bond acceptors (Lipinski definition) is 16. The van der Waals surface area contributed by atoms with Crippen LogP contribution in [0.1, 0.15) is 54.9 Å². The summed E-state index contributed by atoms with van der Waals surface area (Å²) in [5, 5.41) is 1.21. The third-order valence-electron chi connectivity index (χ3n) is 13.5. The van der Waals surface area contributed by atoms with E-state index in [-0.39, 0.29) is 69.5 Å². The van der Waals surface area contributed by atoms with Crippen molar-refractivity contribution in [2.75, 3.05) is 151 Å². The molecule has 422 valence electrons. The van der Waals surface area contributed by atoms with Gasteiger partial charge in [-0.1, -0.05) is 78.9 Å². The molecule has 0 spiro atoms. The van der Waals surface area contributed by atoms with Crippen LogP contribution in [-0.2, 0) is 73.6 Å². The minimum absolute atomic E-state index is 0.0222. The molecule has 3 aliphatic rings. The monoisotopic (exact) mass is 1100 g/mol. The number of carbonyl (C=O) groups is 1. The Labute approximate surface area is 463 Å². The van der Waals surface area contributed by atoms with Crippen molar-refractivity contribution in [2.45, 2.75) is 30.6 Å². The van der Waals surface area contributed by atoms with Crippen LogP contribution in [0.5, 0.6) is 23.0 Å². The van der Waals surface area contributed by atoms with Crippen LogP contribution in [0.3, 0.4) is 0 Å². The summed E-state index contributed by atoms with van der Waals surface area (Å²) in [6, 6.07) is 32.2. The minimum Gasteiger partial charge on any atom is -0.491 e. The summed E-state index contributed by atoms with van der Waals surface area (Å²) in [6.07, 6.45) is 1.28. The van der Waals surface area contributed by atoms with E-state index in [0.717, 1.165) is 50.2 Å². The topological polar surface area (TPSA) is 177 Å². The van der Waals surface area contributed by atoms with Gasteiger partial charge in [0.25, 0.3) is 15.9 Å². The molecule has 0 aromatic heterocycles. The number of nitrogens with zero attached hydrogens (tertiary/aromatic N) is 1. The maximum Gasteiger partial charge on any atom is 0.265 e. The zero-order chi connectivity index (χ0) is 54.7. The standard InChI is InChI=1S/C61H72N2O15S/c1-63(2)55-16-6-15-54-53(55)14-7-17-56(54)79(65,66)62-61(64)52-42-50-40-48-12-4-10-46-38-44-8-3-9-45-39-47-11-5-13-49(59(47)77-36-32-73-28-24-69-19-18-68-23-27-72-31-35-76-58(46)48)41-51(43-52)60(50)78-37-33-74-29-25-70-21-20-67-22-26-71-30-34-75-57(44)45/h3-17,42-43H,18-41H2,1-2H3,(H,62,64). The van der Waals surface area contributed by atoms with Gasteiger partial charge in [-0.3, -0.25) is 4.79 Å². The molecule has 6 aromatic rings. The van der Waals surface area contributed by atoms with Crippen LogP contribution in [-0.4, -0.2) is 161 Å². The van der Waals surface area contributed by atoms with Crippen LogP contribution in [0.15, 0.2) is 108 Å². The maximum atomic E-state index is 14.9. The van der Waals surface area contributed by atoms with Crippen molar-refractivity contribution in [3.05, 3.63) is 153 Å². The van der Waals surface area contributed by atoms with Crippen LogP contribution in [0, 0.1) is 0 Å². The first kappa shape index (κ1) is 57.4. The van der Waals surface area contributed by atoms with Gasteiger partial charge in [-0.25, -0.2) is 13.1 Å². The number of ether oxygens (including phenoxy) is 12. The number of para-hydroxylation sites is 3. The minimum atomic E-state index is -4.43. The molecule has 0 atom stereocenters. The molecular formula is C61H72N2O15S. The first-order chi connectivity index (χ1) is 38.7. The fraction of sp³-hybridized carbons (Fsp3) is 0.426. The Balaban J connectivity index is 1.20. The molecule has 0 saturated carbocycles. The van der Waals surface area contributed by atoms with Crippen LogP contribution in [0.2, 0.25) is 0 Å². The number of hydrogen-bond donors (Lipinski definition) is 1. The number of sulfonamides is 1. The van der Waals surface area contributed by atoms with Crippen LogP contribution in [0.4, 0.5) is 5.69 Å². The molecule has 18 heteroatoms. The highest BCUT2D eigenvalue weighted by molar-refractivity contribution is 7.90. The normalized spacial score (nSPS) is 17.4. The second kappa shape index (κ2) is 29.2. The molecule has 0 fully saturated rings. The Bertz CT molecular complexity index is 2960. The van der Waals surface area contributed by atoms with Gasteiger partial charge in [0, 0.05) is 61.8 Å². The first-order valence-corrected chi connectivity index (χ1v) is 28.6. The van der Waals surface area contributed by atoms with Crippen molar-refractivity contribution >= 4 is 32.4 Å². The quantitative estimate of drug-likeness (QED) is 0.185. The van der Waals surface area contributed by atoms with E-state index in [9.17, 15) is 13.2 Å². The number of benzene rings is 6. The van der Waals surface area contributed by atoms with Gasteiger partial charge in [-0.2, -0.15) is 0 Å². The lowest BCUT2D eigenvalue weighted by Crippen LogP contribution is -2.31. The Morgan fingerprint density at radius 1 is 0.380 bits per heavy atom. The summed E-state index contributed by atoms with van der Waals surface area (Å²) in [7, 11) is -0.639. The van der Waals surface area contributed by atoms with Crippen LogP contribution < -0.4 is 28.6 Å². The fourth-order valence-electron chi connectivity index (χ4n) is 9.92. The highest BCUT2D eigenvalue weighted by Gasteiger charge is 2.27. The molecule has 2 aliphatic heterocycles. The zero-order valence-corrected chi connectivity index (χ0v) is 46.1. The number of fused-ring (bicyclic) bond motifs is 1. The van der Waals surface area contributed by atoms with E-state index in [1.165, 1.54) is 6.07 Å². The van der Waals surface area contributed by atoms with Gasteiger partial charge in [0.2, 0.25) is 0 Å². The average Bonchev–Trinajstić information content (AvgIpc) is 3.54. The molecule has 0 saturated heterocycles. The number of carbonyl (C=O) groups excluding carboxylic acids is 1. The van der Waals surface area contributed by atoms with Gasteiger partial charge in [0.1, 0.15) is 49.4 Å². The Hall–Kier alpha value is -6.32. The lowest BCUT2D eigenvalue weighted by Gasteiger charge is -2.23. The third kappa shape index (κ3) is 15.7. The second-order valence-corrected chi connectivity index (χ2v) is 20.9. The maximum absolute atomic E-state index is 14.9. The summed E-state index contributed by atoms with van der Waals surface area (Å²) in [5.74, 6) is 1.69. The van der Waals surface area contributed by atoms with Gasteiger partial charge in [-0.05, 0) is 68.8 Å². The molecule has 0 unspecified atom stereocenters. The van der Waals surface area contributed by atoms with Gasteiger partial charge in [0.15, 0.2) is 0 Å². The van der Waals surface area contributed by atoms with Crippen molar-refractivity contribution in [1.29, 1.82) is 0 Å². The highest BCUT2D eigenvalue weighted by Crippen LogP contribution is 2.40. The molecular weight excluding hydrogens is 1030 g/mol. The zero-order valence-electron chi connectivity index (χ0n) is 45.3. The summed E-state index contributed by atoms with van der Waals surface area (Å²) in [4.78, 5) is 16.8. The third-order valence-corrected chi connectivity index (χ3v) is 14.9. The number of nitrogens with one attached hydrogen (secondary N) is 1. The number of amides is 1. The smallest absolute Gasteiger partial charge is 0.265 e. The van der Waals surface area contributed by atoms with E-state index >= 15 is 0 Å². The average molecular weight is 1110 g/mol. The molecule has 12 bridgehead atoms. The van der Waals surface area contributed by atoms with Gasteiger partial charge in [-0.15, -0.1) is 0 Å². The van der Waals surface area contributed by atoms with E-state index in [0.29, 0.717) is 132 Å². The van der Waals surface area contributed by atoms with Gasteiger partial charge in [0.05, 0.1) is 111 Å². The molecule has 1 aliphatic carbocycles. The van der Waals surface area contributed by atoms with E-state index in [1.54, 1.807) is 30.3 Å². The molecule has 79 heavy (non-hydrogen) atoms. The van der Waals surface area contributed by atoms with E-state index in [1.807, 2.05) is 67.5 Å². The van der Waals surface area contributed by atoms with Crippen molar-refractivity contribution in [2.24, 2.45) is 0 Å². The van der Waals surface area contributed by atoms with Crippen LogP contribution in [0.25, 0.3) is 10.8 Å². The second-order valence-electron chi connectivity index (χ2n) is 19.3. The summed E-state index contributed by atoms with van der Waals surface area (Å²) in [5.41, 5.74) is 7.41. The largest absolute Gasteiger partial charge is 0.491 e. The van der Waals surface area contributed by atoms with Crippen molar-refractivity contribution in [1.82, 2.24) is 4.72 Å². The molecule has 0 radical (unpaired) electrons. The summed E-state index contributed by atoms with van der Waals surface area (Å²) < 4.78 is 106. The fourth-order valence-corrected chi connectivity index (χ4v) is 11.1. The molecule has 6 aromatic carbocycles. The Morgan fingerprint density at radius 2 is 0.671 bits per heavy atom. The van der Waals surface area contributed by atoms with E-state index < -0.39 is 15.9 Å². The van der Waals surface area contributed by atoms with Crippen LogP contribution >= 0.6 is 0 Å². The SMILES string of the molecule is CN(C)c1cccc2c(S(=O)(=O)NC(=O)c3cc4c5c(c3)Cc3cccc6c3OCCOCCOCCOCCOCCOc3c(cccc3C4)Cc3cccc(c3OCCOCCOCCOCCOCCO5)C6)cccc12. The molecule has 1 amide bonds. The van der Waals surface area contributed by atoms with E-state index in [4.69, 9.17) is 56.8 Å².